The Kier molecular flexibility index (Phi) is 4.95. The Morgan fingerprint density at radius 3 is 2.43 bits per heavy atom. The van der Waals surface area contributed by atoms with E-state index in [4.69, 9.17) is 5.73 Å². The van der Waals surface area contributed by atoms with Crippen LogP contribution >= 0.6 is 0 Å². The lowest BCUT2D eigenvalue weighted by atomic mass is 9.93. The molecule has 8 nitrogen and oxygen atoms in total. The number of carbonyl (C=O) groups excluding carboxylic acids is 4. The Morgan fingerprint density at radius 1 is 1.22 bits per heavy atom. The third-order valence-electron chi connectivity index (χ3n) is 3.67. The number of hydrogen-bond donors (Lipinski definition) is 4. The average Bonchev–Trinajstić information content (AvgIpc) is 2.46. The summed E-state index contributed by atoms with van der Waals surface area (Å²) in [4.78, 5) is 45.8. The van der Waals surface area contributed by atoms with E-state index in [0.717, 1.165) is 0 Å². The van der Waals surface area contributed by atoms with Crippen molar-refractivity contribution in [2.24, 2.45) is 11.7 Å². The zero-order valence-electron chi connectivity index (χ0n) is 12.6. The van der Waals surface area contributed by atoms with Crippen molar-refractivity contribution in [3.8, 4) is 0 Å². The monoisotopic (exact) mass is 318 g/mol. The predicted molar refractivity (Wildman–Crippen MR) is 82.5 cm³/mol. The number of anilines is 1. The fraction of sp³-hybridized carbons (Fsp3) is 0.333. The molecule has 1 aromatic carbocycles. The Bertz CT molecular complexity index is 641. The summed E-state index contributed by atoms with van der Waals surface area (Å²) in [5.41, 5.74) is 6.03. The molecule has 0 aromatic heterocycles. The SMILES string of the molecule is CC1NC(=O)NC(=O)C1CCC(=O)Nc1ccc(C(N)=O)cc1. The van der Waals surface area contributed by atoms with Gasteiger partial charge in [-0.1, -0.05) is 0 Å². The van der Waals surface area contributed by atoms with Crippen LogP contribution in [-0.2, 0) is 9.59 Å². The number of nitrogens with two attached hydrogens (primary N) is 1. The summed E-state index contributed by atoms with van der Waals surface area (Å²) < 4.78 is 0. The number of rotatable bonds is 5. The summed E-state index contributed by atoms with van der Waals surface area (Å²) in [5.74, 6) is -1.62. The second kappa shape index (κ2) is 6.91. The average molecular weight is 318 g/mol. The smallest absolute Gasteiger partial charge is 0.321 e. The highest BCUT2D eigenvalue weighted by Gasteiger charge is 2.32. The van der Waals surface area contributed by atoms with Gasteiger partial charge in [0.05, 0.1) is 5.92 Å². The van der Waals surface area contributed by atoms with Crippen LogP contribution in [0.4, 0.5) is 10.5 Å². The minimum absolute atomic E-state index is 0.135. The molecule has 0 aliphatic carbocycles. The predicted octanol–water partition coefficient (Wildman–Crippen LogP) is 0.348. The quantitative estimate of drug-likeness (QED) is 0.624. The van der Waals surface area contributed by atoms with Crippen LogP contribution in [0.3, 0.4) is 0 Å². The van der Waals surface area contributed by atoms with Gasteiger partial charge in [0.15, 0.2) is 0 Å². The standard InChI is InChI=1S/C15H18N4O4/c1-8-11(14(22)19-15(23)17-8)6-7-12(20)18-10-4-2-9(3-5-10)13(16)21/h2-5,8,11H,6-7H2,1H3,(H2,16,21)(H,18,20)(H2,17,19,22,23). The van der Waals surface area contributed by atoms with Crippen LogP contribution in [0.1, 0.15) is 30.1 Å². The van der Waals surface area contributed by atoms with E-state index in [1.165, 1.54) is 12.1 Å². The number of hydrogen-bond acceptors (Lipinski definition) is 4. The molecule has 0 bridgehead atoms. The van der Waals surface area contributed by atoms with E-state index >= 15 is 0 Å². The summed E-state index contributed by atoms with van der Waals surface area (Å²) in [6, 6.07) is 5.35. The van der Waals surface area contributed by atoms with Gasteiger partial charge < -0.3 is 16.4 Å². The van der Waals surface area contributed by atoms with Crippen molar-refractivity contribution in [1.82, 2.24) is 10.6 Å². The molecule has 5 N–H and O–H groups in total. The number of carbonyl (C=O) groups is 4. The van der Waals surface area contributed by atoms with Gasteiger partial charge in [0, 0.05) is 23.7 Å². The Labute approximate surface area is 132 Å². The van der Waals surface area contributed by atoms with Crippen LogP contribution in [0.5, 0.6) is 0 Å². The zero-order valence-corrected chi connectivity index (χ0v) is 12.6. The van der Waals surface area contributed by atoms with Gasteiger partial charge >= 0.3 is 6.03 Å². The van der Waals surface area contributed by atoms with Crippen molar-refractivity contribution in [3.05, 3.63) is 29.8 Å². The first-order chi connectivity index (χ1) is 10.9. The van der Waals surface area contributed by atoms with E-state index in [9.17, 15) is 19.2 Å². The van der Waals surface area contributed by atoms with Crippen LogP contribution < -0.4 is 21.7 Å². The summed E-state index contributed by atoms with van der Waals surface area (Å²) in [7, 11) is 0. The van der Waals surface area contributed by atoms with Gasteiger partial charge in [0.25, 0.3) is 0 Å². The Hall–Kier alpha value is -2.90. The van der Waals surface area contributed by atoms with Gasteiger partial charge in [-0.25, -0.2) is 4.79 Å². The van der Waals surface area contributed by atoms with Gasteiger partial charge in [0.1, 0.15) is 0 Å². The highest BCUT2D eigenvalue weighted by atomic mass is 16.2. The van der Waals surface area contributed by atoms with Crippen LogP contribution in [0.2, 0.25) is 0 Å². The minimum atomic E-state index is -0.540. The van der Waals surface area contributed by atoms with Gasteiger partial charge in [-0.15, -0.1) is 0 Å². The molecule has 1 saturated heterocycles. The third-order valence-corrected chi connectivity index (χ3v) is 3.67. The number of benzene rings is 1. The van der Waals surface area contributed by atoms with Crippen molar-refractivity contribution in [2.75, 3.05) is 5.32 Å². The molecule has 5 amide bonds. The molecule has 0 radical (unpaired) electrons. The molecule has 0 spiro atoms. The molecule has 2 unspecified atom stereocenters. The first-order valence-corrected chi connectivity index (χ1v) is 7.18. The van der Waals surface area contributed by atoms with E-state index in [1.807, 2.05) is 0 Å². The molecule has 2 atom stereocenters. The van der Waals surface area contributed by atoms with Gasteiger partial charge in [-0.05, 0) is 37.6 Å². The minimum Gasteiger partial charge on any atom is -0.366 e. The van der Waals surface area contributed by atoms with Crippen molar-refractivity contribution in [1.29, 1.82) is 0 Å². The molecule has 1 heterocycles. The number of primary amides is 1. The lowest BCUT2D eigenvalue weighted by Gasteiger charge is -2.28. The Morgan fingerprint density at radius 2 is 1.87 bits per heavy atom. The summed E-state index contributed by atoms with van der Waals surface area (Å²) in [6.07, 6.45) is 0.453. The molecule has 8 heteroatoms. The zero-order chi connectivity index (χ0) is 17.0. The summed E-state index contributed by atoms with van der Waals surface area (Å²) >= 11 is 0. The molecule has 2 rings (SSSR count). The highest BCUT2D eigenvalue weighted by molar-refractivity contribution is 5.99. The maximum Gasteiger partial charge on any atom is 0.321 e. The first kappa shape index (κ1) is 16.5. The normalized spacial score (nSPS) is 20.4. The van der Waals surface area contributed by atoms with E-state index in [-0.39, 0.29) is 24.3 Å². The van der Waals surface area contributed by atoms with Crippen molar-refractivity contribution < 1.29 is 19.2 Å². The highest BCUT2D eigenvalue weighted by Crippen LogP contribution is 2.16. The largest absolute Gasteiger partial charge is 0.366 e. The molecule has 1 aliphatic heterocycles. The molecule has 23 heavy (non-hydrogen) atoms. The van der Waals surface area contributed by atoms with Gasteiger partial charge in [0.2, 0.25) is 17.7 Å². The van der Waals surface area contributed by atoms with E-state index in [1.54, 1.807) is 19.1 Å². The second-order valence-corrected chi connectivity index (χ2v) is 5.39. The van der Waals surface area contributed by atoms with Gasteiger partial charge in [-0.3, -0.25) is 19.7 Å². The molecule has 0 saturated carbocycles. The topological polar surface area (TPSA) is 130 Å². The lowest BCUT2D eigenvalue weighted by molar-refractivity contribution is -0.126. The van der Waals surface area contributed by atoms with E-state index in [2.05, 4.69) is 16.0 Å². The maximum atomic E-state index is 11.9. The molecular weight excluding hydrogens is 300 g/mol. The van der Waals surface area contributed by atoms with Crippen LogP contribution in [-0.4, -0.2) is 29.8 Å². The summed E-state index contributed by atoms with van der Waals surface area (Å²) in [5, 5.41) is 7.47. The third kappa shape index (κ3) is 4.29. The number of urea groups is 1. The maximum absolute atomic E-state index is 11.9. The van der Waals surface area contributed by atoms with Crippen molar-refractivity contribution >= 4 is 29.4 Å². The molecule has 1 aromatic rings. The Balaban J connectivity index is 1.86. The first-order valence-electron chi connectivity index (χ1n) is 7.18. The second-order valence-electron chi connectivity index (χ2n) is 5.39. The molecule has 122 valence electrons. The lowest BCUT2D eigenvalue weighted by Crippen LogP contribution is -2.57. The molecule has 1 aliphatic rings. The van der Waals surface area contributed by atoms with Crippen LogP contribution in [0.15, 0.2) is 24.3 Å². The van der Waals surface area contributed by atoms with E-state index < -0.39 is 17.9 Å². The van der Waals surface area contributed by atoms with Crippen molar-refractivity contribution in [2.45, 2.75) is 25.8 Å². The van der Waals surface area contributed by atoms with Crippen LogP contribution in [0, 0.1) is 5.92 Å². The number of amides is 5. The fourth-order valence-corrected chi connectivity index (χ4v) is 2.38. The van der Waals surface area contributed by atoms with E-state index in [0.29, 0.717) is 17.7 Å². The van der Waals surface area contributed by atoms with Gasteiger partial charge in [-0.2, -0.15) is 0 Å². The van der Waals surface area contributed by atoms with Crippen LogP contribution in [0.25, 0.3) is 0 Å². The molecular formula is C15H18N4O4. The fourth-order valence-electron chi connectivity index (χ4n) is 2.38. The number of imide groups is 1. The van der Waals surface area contributed by atoms with Crippen molar-refractivity contribution in [3.63, 3.8) is 0 Å². The summed E-state index contributed by atoms with van der Waals surface area (Å²) in [6.45, 7) is 1.72. The molecule has 1 fully saturated rings. The number of nitrogens with one attached hydrogen (secondary N) is 3.